The van der Waals surface area contributed by atoms with E-state index in [2.05, 4.69) is 9.97 Å². The molecule has 1 aromatic carbocycles. The second-order valence-electron chi connectivity index (χ2n) is 4.24. The van der Waals surface area contributed by atoms with Gasteiger partial charge < -0.3 is 9.47 Å². The summed E-state index contributed by atoms with van der Waals surface area (Å²) >= 11 is 7.73. The highest BCUT2D eigenvalue weighted by molar-refractivity contribution is 7.98. The minimum absolute atomic E-state index is 0.439. The Morgan fingerprint density at radius 3 is 2.48 bits per heavy atom. The van der Waals surface area contributed by atoms with E-state index in [4.69, 9.17) is 21.1 Å². The Morgan fingerprint density at radius 1 is 1.19 bits per heavy atom. The van der Waals surface area contributed by atoms with Crippen LogP contribution in [-0.4, -0.2) is 29.9 Å². The average Bonchev–Trinajstić information content (AvgIpc) is 2.51. The van der Waals surface area contributed by atoms with Crippen LogP contribution in [0.2, 0.25) is 5.15 Å². The molecule has 0 unspecified atom stereocenters. The van der Waals surface area contributed by atoms with Gasteiger partial charge in [0.15, 0.2) is 5.16 Å². The van der Waals surface area contributed by atoms with Gasteiger partial charge in [0.25, 0.3) is 0 Å². The summed E-state index contributed by atoms with van der Waals surface area (Å²) in [5.41, 5.74) is 1.90. The molecular formula is C15H17ClN2O2S. The van der Waals surface area contributed by atoms with Gasteiger partial charge in [-0.1, -0.05) is 35.5 Å². The Bertz CT molecular complexity index is 605. The molecule has 0 fully saturated rings. The highest BCUT2D eigenvalue weighted by Gasteiger charge is 2.14. The van der Waals surface area contributed by atoms with Gasteiger partial charge in [-0.15, -0.1) is 0 Å². The van der Waals surface area contributed by atoms with Gasteiger partial charge in [-0.05, 0) is 30.9 Å². The summed E-state index contributed by atoms with van der Waals surface area (Å²) in [6, 6.07) is 7.82. The Morgan fingerprint density at radius 2 is 1.90 bits per heavy atom. The van der Waals surface area contributed by atoms with E-state index in [-0.39, 0.29) is 0 Å². The van der Waals surface area contributed by atoms with E-state index in [0.717, 1.165) is 16.9 Å². The molecule has 0 saturated carbocycles. The first-order valence-electron chi connectivity index (χ1n) is 6.54. The molecule has 0 aliphatic rings. The lowest BCUT2D eigenvalue weighted by atomic mass is 10.1. The molecule has 2 rings (SSSR count). The van der Waals surface area contributed by atoms with Crippen molar-refractivity contribution in [2.45, 2.75) is 18.5 Å². The Kier molecular flexibility index (Phi) is 5.70. The smallest absolute Gasteiger partial charge is 0.222 e. The van der Waals surface area contributed by atoms with Gasteiger partial charge >= 0.3 is 0 Å². The molecule has 0 spiro atoms. The quantitative estimate of drug-likeness (QED) is 0.459. The Labute approximate surface area is 133 Å². The van der Waals surface area contributed by atoms with Crippen molar-refractivity contribution in [1.82, 2.24) is 9.97 Å². The van der Waals surface area contributed by atoms with Crippen molar-refractivity contribution < 1.29 is 9.47 Å². The monoisotopic (exact) mass is 324 g/mol. The first-order valence-corrected chi connectivity index (χ1v) is 8.14. The summed E-state index contributed by atoms with van der Waals surface area (Å²) in [7, 11) is 1.65. The van der Waals surface area contributed by atoms with Crippen molar-refractivity contribution in [3.8, 4) is 11.6 Å². The van der Waals surface area contributed by atoms with Crippen LogP contribution in [-0.2, 0) is 6.42 Å². The molecule has 21 heavy (non-hydrogen) atoms. The fraction of sp³-hybridized carbons (Fsp3) is 0.333. The predicted molar refractivity (Wildman–Crippen MR) is 85.8 cm³/mol. The minimum atomic E-state index is 0.439. The third kappa shape index (κ3) is 4.02. The summed E-state index contributed by atoms with van der Waals surface area (Å²) in [6.45, 7) is 2.46. The molecule has 0 aliphatic carbocycles. The van der Waals surface area contributed by atoms with Crippen LogP contribution in [0.4, 0.5) is 0 Å². The summed E-state index contributed by atoms with van der Waals surface area (Å²) in [5.74, 6) is 1.38. The van der Waals surface area contributed by atoms with Gasteiger partial charge in [-0.3, -0.25) is 0 Å². The molecule has 4 nitrogen and oxygen atoms in total. The topological polar surface area (TPSA) is 44.2 Å². The van der Waals surface area contributed by atoms with Gasteiger partial charge in [0.1, 0.15) is 10.9 Å². The molecule has 112 valence electrons. The average molecular weight is 325 g/mol. The first kappa shape index (κ1) is 15.9. The molecule has 0 aliphatic heterocycles. The van der Waals surface area contributed by atoms with E-state index < -0.39 is 0 Å². The molecule has 6 heteroatoms. The van der Waals surface area contributed by atoms with Crippen LogP contribution in [0.1, 0.15) is 18.1 Å². The summed E-state index contributed by atoms with van der Waals surface area (Å²) in [4.78, 5) is 8.67. The molecule has 2 aromatic rings. The van der Waals surface area contributed by atoms with Crippen molar-refractivity contribution in [3.63, 3.8) is 0 Å². The predicted octanol–water partition coefficient (Wildman–Crippen LogP) is 3.85. The SMILES string of the molecule is CCOc1nc(SC)nc(Cl)c1Cc1ccc(OC)cc1. The van der Waals surface area contributed by atoms with Gasteiger partial charge in [0.2, 0.25) is 5.88 Å². The normalized spacial score (nSPS) is 10.5. The zero-order valence-electron chi connectivity index (χ0n) is 12.2. The summed E-state index contributed by atoms with van der Waals surface area (Å²) in [6.07, 6.45) is 2.53. The van der Waals surface area contributed by atoms with Crippen LogP contribution < -0.4 is 9.47 Å². The maximum Gasteiger partial charge on any atom is 0.222 e. The Balaban J connectivity index is 2.32. The minimum Gasteiger partial charge on any atom is -0.497 e. The molecule has 0 amide bonds. The first-order chi connectivity index (χ1) is 10.2. The van der Waals surface area contributed by atoms with E-state index in [1.807, 2.05) is 37.4 Å². The maximum absolute atomic E-state index is 6.29. The number of thioether (sulfide) groups is 1. The van der Waals surface area contributed by atoms with Crippen LogP contribution in [0.3, 0.4) is 0 Å². The molecule has 0 saturated heterocycles. The standard InChI is InChI=1S/C15H17ClN2O2S/c1-4-20-14-12(13(16)17-15(18-14)21-3)9-10-5-7-11(19-2)8-6-10/h5-8H,4,9H2,1-3H3. The summed E-state index contributed by atoms with van der Waals surface area (Å²) in [5, 5.41) is 1.05. The highest BCUT2D eigenvalue weighted by Crippen LogP contribution is 2.29. The van der Waals surface area contributed by atoms with Crippen molar-refractivity contribution >= 4 is 23.4 Å². The fourth-order valence-corrected chi connectivity index (χ4v) is 2.50. The lowest BCUT2D eigenvalue weighted by Gasteiger charge is -2.12. The second-order valence-corrected chi connectivity index (χ2v) is 5.37. The van der Waals surface area contributed by atoms with Crippen LogP contribution in [0, 0.1) is 0 Å². The van der Waals surface area contributed by atoms with E-state index in [9.17, 15) is 0 Å². The molecule has 0 N–H and O–H groups in total. The number of ether oxygens (including phenoxy) is 2. The number of hydrogen-bond acceptors (Lipinski definition) is 5. The number of rotatable bonds is 6. The van der Waals surface area contributed by atoms with Crippen molar-refractivity contribution in [3.05, 3.63) is 40.5 Å². The molecule has 1 heterocycles. The number of benzene rings is 1. The van der Waals surface area contributed by atoms with E-state index >= 15 is 0 Å². The molecular weight excluding hydrogens is 308 g/mol. The second kappa shape index (κ2) is 7.52. The van der Waals surface area contributed by atoms with E-state index in [1.54, 1.807) is 7.11 Å². The summed E-state index contributed by atoms with van der Waals surface area (Å²) < 4.78 is 10.8. The lowest BCUT2D eigenvalue weighted by Crippen LogP contribution is -2.04. The van der Waals surface area contributed by atoms with Gasteiger partial charge in [0.05, 0.1) is 19.3 Å². The van der Waals surface area contributed by atoms with E-state index in [0.29, 0.717) is 29.2 Å². The highest BCUT2D eigenvalue weighted by atomic mass is 35.5. The van der Waals surface area contributed by atoms with Crippen molar-refractivity contribution in [1.29, 1.82) is 0 Å². The van der Waals surface area contributed by atoms with Crippen LogP contribution in [0.25, 0.3) is 0 Å². The largest absolute Gasteiger partial charge is 0.497 e. The van der Waals surface area contributed by atoms with Gasteiger partial charge in [-0.2, -0.15) is 4.98 Å². The molecule has 0 radical (unpaired) electrons. The Hall–Kier alpha value is -1.46. The van der Waals surface area contributed by atoms with Gasteiger partial charge in [-0.25, -0.2) is 4.98 Å². The van der Waals surface area contributed by atoms with Crippen LogP contribution >= 0.6 is 23.4 Å². The zero-order chi connectivity index (χ0) is 15.2. The van der Waals surface area contributed by atoms with Crippen LogP contribution in [0.15, 0.2) is 29.4 Å². The van der Waals surface area contributed by atoms with E-state index in [1.165, 1.54) is 11.8 Å². The number of methoxy groups -OCH3 is 1. The molecule has 0 bridgehead atoms. The number of aromatic nitrogens is 2. The zero-order valence-corrected chi connectivity index (χ0v) is 13.8. The number of nitrogens with zero attached hydrogens (tertiary/aromatic N) is 2. The number of hydrogen-bond donors (Lipinski definition) is 0. The fourth-order valence-electron chi connectivity index (χ4n) is 1.86. The molecule has 0 atom stereocenters. The third-order valence-corrected chi connectivity index (χ3v) is 3.76. The molecule has 1 aromatic heterocycles. The third-order valence-electron chi connectivity index (χ3n) is 2.90. The van der Waals surface area contributed by atoms with Gasteiger partial charge in [0, 0.05) is 6.42 Å². The van der Waals surface area contributed by atoms with Crippen LogP contribution in [0.5, 0.6) is 11.6 Å². The maximum atomic E-state index is 6.29. The van der Waals surface area contributed by atoms with Crippen molar-refractivity contribution in [2.75, 3.05) is 20.0 Å². The van der Waals surface area contributed by atoms with Crippen molar-refractivity contribution in [2.24, 2.45) is 0 Å². The lowest BCUT2D eigenvalue weighted by molar-refractivity contribution is 0.319. The number of halogens is 1.